The van der Waals surface area contributed by atoms with Crippen molar-refractivity contribution in [3.8, 4) is 22.8 Å². The van der Waals surface area contributed by atoms with Gasteiger partial charge in [0.05, 0.1) is 40.6 Å². The molecule has 0 fully saturated rings. The zero-order valence-corrected chi connectivity index (χ0v) is 20.1. The summed E-state index contributed by atoms with van der Waals surface area (Å²) in [7, 11) is 7.66. The van der Waals surface area contributed by atoms with Crippen molar-refractivity contribution in [3.63, 3.8) is 0 Å². The van der Waals surface area contributed by atoms with Crippen molar-refractivity contribution in [1.29, 1.82) is 0 Å². The Morgan fingerprint density at radius 2 is 1.81 bits per heavy atom. The Balaban J connectivity index is 2.05. The maximum Gasteiger partial charge on any atom is 0.161 e. The summed E-state index contributed by atoms with van der Waals surface area (Å²) in [5.41, 5.74) is 5.02. The Hall–Kier alpha value is -2.80. The van der Waals surface area contributed by atoms with Gasteiger partial charge in [0, 0.05) is 34.8 Å². The number of hydrogen-bond donors (Lipinski definition) is 2. The number of nitrogens with zero attached hydrogens (tertiary/aromatic N) is 3. The second-order valence-electron chi connectivity index (χ2n) is 9.15. The van der Waals surface area contributed by atoms with E-state index in [-0.39, 0.29) is 5.41 Å². The molecule has 0 saturated carbocycles. The van der Waals surface area contributed by atoms with Gasteiger partial charge in [0.15, 0.2) is 17.1 Å². The minimum atomic E-state index is 0.146. The van der Waals surface area contributed by atoms with E-state index in [0.717, 1.165) is 47.9 Å². The molecule has 2 N–H and O–H groups in total. The molecule has 0 saturated heterocycles. The molecule has 0 radical (unpaired) electrons. The molecule has 2 heterocycles. The van der Waals surface area contributed by atoms with Crippen LogP contribution in [0.3, 0.4) is 0 Å². The zero-order chi connectivity index (χ0) is 22.8. The number of quaternary nitrogens is 1. The smallest absolute Gasteiger partial charge is 0.161 e. The normalized spacial score (nSPS) is 11.9. The van der Waals surface area contributed by atoms with Crippen LogP contribution in [-0.2, 0) is 6.42 Å². The van der Waals surface area contributed by atoms with Gasteiger partial charge < -0.3 is 19.7 Å². The average molecular weight is 427 g/mol. The number of aromatic nitrogens is 3. The predicted octanol–water partition coefficient (Wildman–Crippen LogP) is 2.87. The Kier molecular flexibility index (Phi) is 6.74. The van der Waals surface area contributed by atoms with Gasteiger partial charge in [0.1, 0.15) is 5.82 Å². The Morgan fingerprint density at radius 1 is 1.10 bits per heavy atom. The number of benzene rings is 1. The van der Waals surface area contributed by atoms with E-state index in [1.807, 2.05) is 28.8 Å². The first-order valence-corrected chi connectivity index (χ1v) is 10.8. The van der Waals surface area contributed by atoms with Gasteiger partial charge >= 0.3 is 0 Å². The highest BCUT2D eigenvalue weighted by molar-refractivity contribution is 5.69. The first-order valence-electron chi connectivity index (χ1n) is 10.8. The molecule has 7 nitrogen and oxygen atoms in total. The second kappa shape index (κ2) is 9.14. The van der Waals surface area contributed by atoms with Crippen LogP contribution >= 0.6 is 0 Å². The third kappa shape index (κ3) is 4.93. The van der Waals surface area contributed by atoms with Gasteiger partial charge in [0.2, 0.25) is 0 Å². The van der Waals surface area contributed by atoms with E-state index in [1.54, 1.807) is 14.2 Å². The molecule has 0 aliphatic rings. The quantitative estimate of drug-likeness (QED) is 0.551. The van der Waals surface area contributed by atoms with Crippen molar-refractivity contribution in [2.45, 2.75) is 34.1 Å². The maximum absolute atomic E-state index is 5.47. The lowest BCUT2D eigenvalue weighted by molar-refractivity contribution is -0.865. The van der Waals surface area contributed by atoms with E-state index in [0.29, 0.717) is 11.5 Å². The van der Waals surface area contributed by atoms with Crippen LogP contribution in [0.4, 0.5) is 5.82 Å². The summed E-state index contributed by atoms with van der Waals surface area (Å²) in [5, 5.41) is 8.62. The van der Waals surface area contributed by atoms with Crippen LogP contribution in [0.25, 0.3) is 16.9 Å². The lowest BCUT2D eigenvalue weighted by atomic mass is 9.93. The topological polar surface area (TPSA) is 65.1 Å². The summed E-state index contributed by atoms with van der Waals surface area (Å²) in [4.78, 5) is 6.26. The number of nitrogens with one attached hydrogen (secondary N) is 2. The molecule has 7 heteroatoms. The molecular formula is C24H36N5O2+. The van der Waals surface area contributed by atoms with Crippen LogP contribution in [0, 0.1) is 12.3 Å². The van der Waals surface area contributed by atoms with Gasteiger partial charge in [-0.3, -0.25) is 0 Å². The lowest BCUT2D eigenvalue weighted by Crippen LogP contribution is -3.07. The maximum atomic E-state index is 5.47. The SMILES string of the molecule is CCc1c(C)nc2cc(-c3ccc(OC)c(OC)c3)nn2c1NCC(C)(C)C[NH+](C)C. The van der Waals surface area contributed by atoms with E-state index in [1.165, 1.54) is 10.5 Å². The van der Waals surface area contributed by atoms with E-state index >= 15 is 0 Å². The summed E-state index contributed by atoms with van der Waals surface area (Å²) in [6, 6.07) is 7.87. The third-order valence-corrected chi connectivity index (χ3v) is 5.51. The summed E-state index contributed by atoms with van der Waals surface area (Å²) >= 11 is 0. The van der Waals surface area contributed by atoms with E-state index in [2.05, 4.69) is 47.1 Å². The molecule has 0 amide bonds. The Morgan fingerprint density at radius 3 is 2.42 bits per heavy atom. The molecule has 2 aromatic heterocycles. The molecule has 1 aromatic carbocycles. The van der Waals surface area contributed by atoms with Crippen molar-refractivity contribution >= 4 is 11.5 Å². The van der Waals surface area contributed by atoms with Crippen LogP contribution in [0.15, 0.2) is 24.3 Å². The number of hydrogen-bond acceptors (Lipinski definition) is 5. The van der Waals surface area contributed by atoms with Crippen LogP contribution in [0.1, 0.15) is 32.0 Å². The fourth-order valence-corrected chi connectivity index (χ4v) is 4.24. The Bertz CT molecular complexity index is 1060. The van der Waals surface area contributed by atoms with Crippen molar-refractivity contribution in [2.24, 2.45) is 5.41 Å². The van der Waals surface area contributed by atoms with E-state index in [4.69, 9.17) is 19.6 Å². The average Bonchev–Trinajstić information content (AvgIpc) is 3.13. The molecule has 3 aromatic rings. The Labute approximate surface area is 185 Å². The first kappa shape index (κ1) is 22.9. The van der Waals surface area contributed by atoms with Crippen LogP contribution in [0.2, 0.25) is 0 Å². The van der Waals surface area contributed by atoms with Gasteiger partial charge in [-0.05, 0) is 31.5 Å². The molecule has 0 unspecified atom stereocenters. The summed E-state index contributed by atoms with van der Waals surface area (Å²) < 4.78 is 12.8. The molecular weight excluding hydrogens is 390 g/mol. The van der Waals surface area contributed by atoms with Gasteiger partial charge in [-0.25, -0.2) is 4.98 Å². The molecule has 0 aliphatic heterocycles. The fraction of sp³-hybridized carbons (Fsp3) is 0.500. The minimum absolute atomic E-state index is 0.146. The molecule has 0 atom stereocenters. The summed E-state index contributed by atoms with van der Waals surface area (Å²) in [6.07, 6.45) is 0.891. The molecule has 0 spiro atoms. The highest BCUT2D eigenvalue weighted by Gasteiger charge is 2.23. The van der Waals surface area contributed by atoms with Gasteiger partial charge in [-0.1, -0.05) is 20.8 Å². The van der Waals surface area contributed by atoms with E-state index < -0.39 is 0 Å². The summed E-state index contributed by atoms with van der Waals surface area (Å²) in [6.45, 7) is 10.8. The predicted molar refractivity (Wildman–Crippen MR) is 126 cm³/mol. The van der Waals surface area contributed by atoms with Gasteiger partial charge in [0.25, 0.3) is 0 Å². The number of methoxy groups -OCH3 is 2. The van der Waals surface area contributed by atoms with Crippen molar-refractivity contribution in [1.82, 2.24) is 14.6 Å². The molecule has 168 valence electrons. The van der Waals surface area contributed by atoms with Crippen molar-refractivity contribution in [2.75, 3.05) is 46.7 Å². The van der Waals surface area contributed by atoms with Gasteiger partial charge in [-0.15, -0.1) is 0 Å². The van der Waals surface area contributed by atoms with Crippen molar-refractivity contribution in [3.05, 3.63) is 35.5 Å². The van der Waals surface area contributed by atoms with Crippen LogP contribution in [0.5, 0.6) is 11.5 Å². The molecule has 3 rings (SSSR count). The highest BCUT2D eigenvalue weighted by atomic mass is 16.5. The third-order valence-electron chi connectivity index (χ3n) is 5.51. The van der Waals surface area contributed by atoms with Crippen molar-refractivity contribution < 1.29 is 14.4 Å². The molecule has 0 bridgehead atoms. The van der Waals surface area contributed by atoms with Crippen LogP contribution in [-0.4, -0.2) is 56.0 Å². The number of ether oxygens (including phenoxy) is 2. The number of fused-ring (bicyclic) bond motifs is 1. The number of aryl methyl sites for hydroxylation is 1. The lowest BCUT2D eigenvalue weighted by Gasteiger charge is -2.27. The van der Waals surface area contributed by atoms with E-state index in [9.17, 15) is 0 Å². The summed E-state index contributed by atoms with van der Waals surface area (Å²) in [5.74, 6) is 2.41. The monoisotopic (exact) mass is 426 g/mol. The van der Waals surface area contributed by atoms with Crippen LogP contribution < -0.4 is 19.7 Å². The molecule has 0 aliphatic carbocycles. The second-order valence-corrected chi connectivity index (χ2v) is 9.15. The van der Waals surface area contributed by atoms with Gasteiger partial charge in [-0.2, -0.15) is 9.61 Å². The number of anilines is 1. The first-order chi connectivity index (χ1) is 14.7. The number of rotatable bonds is 9. The minimum Gasteiger partial charge on any atom is -0.493 e. The molecule has 31 heavy (non-hydrogen) atoms. The zero-order valence-electron chi connectivity index (χ0n) is 20.1. The fourth-order valence-electron chi connectivity index (χ4n) is 4.24. The standard InChI is InChI=1S/C24H35N5O2/c1-9-18-16(2)26-22-13-19(17-10-11-20(30-7)21(12-17)31-8)27-29(22)23(18)25-14-24(3,4)15-28(5)6/h10-13,25H,9,14-15H2,1-8H3/p+1. The highest BCUT2D eigenvalue weighted by Crippen LogP contribution is 2.33. The largest absolute Gasteiger partial charge is 0.493 e.